The first-order valence-corrected chi connectivity index (χ1v) is 7.45. The van der Waals surface area contributed by atoms with Gasteiger partial charge in [-0.3, -0.25) is 0 Å². The Kier molecular flexibility index (Phi) is 5.53. The van der Waals surface area contributed by atoms with Gasteiger partial charge in [-0.15, -0.1) is 0 Å². The van der Waals surface area contributed by atoms with Crippen LogP contribution in [0.15, 0.2) is 48.5 Å². The molecule has 0 fully saturated rings. The predicted molar refractivity (Wildman–Crippen MR) is 87.7 cm³/mol. The number of carbonyl (C=O) groups excluding carboxylic acids is 1. The minimum absolute atomic E-state index is 0.241. The van der Waals surface area contributed by atoms with E-state index in [1.54, 1.807) is 18.2 Å². The lowest BCUT2D eigenvalue weighted by Crippen LogP contribution is -2.31. The number of urea groups is 1. The molecule has 0 spiro atoms. The van der Waals surface area contributed by atoms with Gasteiger partial charge in [0.2, 0.25) is 0 Å². The summed E-state index contributed by atoms with van der Waals surface area (Å²) in [4.78, 5) is 11.9. The lowest BCUT2D eigenvalue weighted by molar-refractivity contribution is 0.252. The maximum atomic E-state index is 13.5. The van der Waals surface area contributed by atoms with E-state index in [1.165, 1.54) is 6.07 Å². The standard InChI is InChI=1S/C18H21FN2O/c1-13(2)15-8-4-6-10-17(15)21-18(22)20-12-11-14-7-3-5-9-16(14)19/h3-10,13H,11-12H2,1-2H3,(H2,20,21,22). The number of benzene rings is 2. The molecule has 3 nitrogen and oxygen atoms in total. The summed E-state index contributed by atoms with van der Waals surface area (Å²) >= 11 is 0. The van der Waals surface area contributed by atoms with E-state index < -0.39 is 0 Å². The molecule has 2 N–H and O–H groups in total. The molecule has 2 aromatic rings. The first kappa shape index (κ1) is 16.0. The van der Waals surface area contributed by atoms with Crippen LogP contribution in [0.2, 0.25) is 0 Å². The highest BCUT2D eigenvalue weighted by molar-refractivity contribution is 5.90. The topological polar surface area (TPSA) is 41.1 Å². The molecule has 0 aliphatic heterocycles. The van der Waals surface area contributed by atoms with Crippen molar-refractivity contribution < 1.29 is 9.18 Å². The SMILES string of the molecule is CC(C)c1ccccc1NC(=O)NCCc1ccccc1F. The molecule has 0 atom stereocenters. The third kappa shape index (κ3) is 4.32. The fourth-order valence-electron chi connectivity index (χ4n) is 2.29. The molecule has 0 heterocycles. The van der Waals surface area contributed by atoms with Crippen molar-refractivity contribution in [3.8, 4) is 0 Å². The van der Waals surface area contributed by atoms with Crippen LogP contribution < -0.4 is 10.6 Å². The summed E-state index contributed by atoms with van der Waals surface area (Å²) in [6.07, 6.45) is 0.464. The average molecular weight is 300 g/mol. The molecule has 0 bridgehead atoms. The third-order valence-corrected chi connectivity index (χ3v) is 3.47. The van der Waals surface area contributed by atoms with E-state index >= 15 is 0 Å². The van der Waals surface area contributed by atoms with E-state index in [0.29, 0.717) is 24.4 Å². The number of rotatable bonds is 5. The zero-order valence-electron chi connectivity index (χ0n) is 12.9. The van der Waals surface area contributed by atoms with Gasteiger partial charge < -0.3 is 10.6 Å². The summed E-state index contributed by atoms with van der Waals surface area (Å²) in [5.41, 5.74) is 2.50. The Labute approximate surface area is 130 Å². The van der Waals surface area contributed by atoms with Crippen LogP contribution in [0, 0.1) is 5.82 Å². The van der Waals surface area contributed by atoms with Crippen molar-refractivity contribution in [1.29, 1.82) is 0 Å². The molecule has 2 rings (SSSR count). The summed E-state index contributed by atoms with van der Waals surface area (Å²) in [5.74, 6) is 0.0878. The number of hydrogen-bond donors (Lipinski definition) is 2. The molecule has 0 aliphatic rings. The molecule has 116 valence electrons. The van der Waals surface area contributed by atoms with Crippen LogP contribution in [0.4, 0.5) is 14.9 Å². The Balaban J connectivity index is 1.88. The molecule has 0 saturated heterocycles. The minimum Gasteiger partial charge on any atom is -0.338 e. The van der Waals surface area contributed by atoms with Gasteiger partial charge in [0.25, 0.3) is 0 Å². The van der Waals surface area contributed by atoms with E-state index in [-0.39, 0.29) is 11.8 Å². The van der Waals surface area contributed by atoms with Crippen molar-refractivity contribution >= 4 is 11.7 Å². The number of amides is 2. The summed E-state index contributed by atoms with van der Waals surface area (Å²) in [6, 6.07) is 14.0. The lowest BCUT2D eigenvalue weighted by Gasteiger charge is -2.14. The normalized spacial score (nSPS) is 10.5. The summed E-state index contributed by atoms with van der Waals surface area (Å²) in [6.45, 7) is 4.55. The van der Waals surface area contributed by atoms with E-state index in [0.717, 1.165) is 11.3 Å². The summed E-state index contributed by atoms with van der Waals surface area (Å²) in [7, 11) is 0. The summed E-state index contributed by atoms with van der Waals surface area (Å²) < 4.78 is 13.5. The first-order valence-electron chi connectivity index (χ1n) is 7.45. The van der Waals surface area contributed by atoms with Gasteiger partial charge in [0.1, 0.15) is 5.82 Å². The Morgan fingerprint density at radius 3 is 2.50 bits per heavy atom. The molecule has 22 heavy (non-hydrogen) atoms. The van der Waals surface area contributed by atoms with Gasteiger partial charge >= 0.3 is 6.03 Å². The number of nitrogens with one attached hydrogen (secondary N) is 2. The second kappa shape index (κ2) is 7.59. The minimum atomic E-state index is -0.274. The second-order valence-electron chi connectivity index (χ2n) is 5.46. The van der Waals surface area contributed by atoms with Gasteiger partial charge in [0.15, 0.2) is 0 Å². The van der Waals surface area contributed by atoms with E-state index in [4.69, 9.17) is 0 Å². The van der Waals surface area contributed by atoms with Crippen LogP contribution in [-0.4, -0.2) is 12.6 Å². The highest BCUT2D eigenvalue weighted by atomic mass is 19.1. The summed E-state index contributed by atoms with van der Waals surface area (Å²) in [5, 5.41) is 5.61. The van der Waals surface area contributed by atoms with Crippen molar-refractivity contribution in [2.24, 2.45) is 0 Å². The van der Waals surface area contributed by atoms with Gasteiger partial charge in [0.05, 0.1) is 0 Å². The van der Waals surface area contributed by atoms with Crippen molar-refractivity contribution in [3.63, 3.8) is 0 Å². The van der Waals surface area contributed by atoms with Gasteiger partial charge in [-0.1, -0.05) is 50.2 Å². The van der Waals surface area contributed by atoms with Crippen molar-refractivity contribution in [2.75, 3.05) is 11.9 Å². The van der Waals surface area contributed by atoms with Crippen LogP contribution in [0.1, 0.15) is 30.9 Å². The zero-order chi connectivity index (χ0) is 15.9. The molecule has 4 heteroatoms. The quantitative estimate of drug-likeness (QED) is 0.848. The Morgan fingerprint density at radius 2 is 1.77 bits per heavy atom. The number of anilines is 1. The van der Waals surface area contributed by atoms with Crippen molar-refractivity contribution in [2.45, 2.75) is 26.2 Å². The van der Waals surface area contributed by atoms with Crippen molar-refractivity contribution in [1.82, 2.24) is 5.32 Å². The Bertz CT molecular complexity index is 640. The van der Waals surface area contributed by atoms with Crippen LogP contribution in [-0.2, 0) is 6.42 Å². The van der Waals surface area contributed by atoms with Gasteiger partial charge in [-0.25, -0.2) is 9.18 Å². The van der Waals surface area contributed by atoms with Gasteiger partial charge in [-0.05, 0) is 35.6 Å². The molecular weight excluding hydrogens is 279 g/mol. The van der Waals surface area contributed by atoms with Gasteiger partial charge in [-0.2, -0.15) is 0 Å². The molecule has 0 saturated carbocycles. The molecule has 2 aromatic carbocycles. The van der Waals surface area contributed by atoms with Crippen LogP contribution in [0.25, 0.3) is 0 Å². The number of carbonyl (C=O) groups is 1. The molecular formula is C18H21FN2O. The van der Waals surface area contributed by atoms with E-state index in [1.807, 2.05) is 24.3 Å². The number of hydrogen-bond acceptors (Lipinski definition) is 1. The number of para-hydroxylation sites is 1. The predicted octanol–water partition coefficient (Wildman–Crippen LogP) is 4.31. The Morgan fingerprint density at radius 1 is 1.09 bits per heavy atom. The molecule has 0 aromatic heterocycles. The lowest BCUT2D eigenvalue weighted by atomic mass is 10.0. The van der Waals surface area contributed by atoms with Crippen molar-refractivity contribution in [3.05, 3.63) is 65.5 Å². The van der Waals surface area contributed by atoms with E-state index in [2.05, 4.69) is 24.5 Å². The maximum Gasteiger partial charge on any atom is 0.319 e. The third-order valence-electron chi connectivity index (χ3n) is 3.47. The highest BCUT2D eigenvalue weighted by Crippen LogP contribution is 2.23. The monoisotopic (exact) mass is 300 g/mol. The zero-order valence-corrected chi connectivity index (χ0v) is 12.9. The molecule has 0 aliphatic carbocycles. The maximum absolute atomic E-state index is 13.5. The van der Waals surface area contributed by atoms with E-state index in [9.17, 15) is 9.18 Å². The largest absolute Gasteiger partial charge is 0.338 e. The van der Waals surface area contributed by atoms with Crippen LogP contribution in [0.5, 0.6) is 0 Å². The fraction of sp³-hybridized carbons (Fsp3) is 0.278. The van der Waals surface area contributed by atoms with Crippen LogP contribution >= 0.6 is 0 Å². The highest BCUT2D eigenvalue weighted by Gasteiger charge is 2.09. The number of halogens is 1. The first-order chi connectivity index (χ1) is 10.6. The second-order valence-corrected chi connectivity index (χ2v) is 5.46. The van der Waals surface area contributed by atoms with Gasteiger partial charge in [0, 0.05) is 12.2 Å². The fourth-order valence-corrected chi connectivity index (χ4v) is 2.29. The molecule has 0 radical (unpaired) electrons. The smallest absolute Gasteiger partial charge is 0.319 e. The molecule has 0 unspecified atom stereocenters. The van der Waals surface area contributed by atoms with Crippen LogP contribution in [0.3, 0.4) is 0 Å². The average Bonchev–Trinajstić information content (AvgIpc) is 2.49. The molecule has 2 amide bonds. The Hall–Kier alpha value is -2.36.